The molecule has 1 aliphatic carbocycles. The molecule has 124 valence electrons. The minimum absolute atomic E-state index is 0.523. The van der Waals surface area contributed by atoms with Crippen LogP contribution in [0, 0.1) is 18.3 Å². The summed E-state index contributed by atoms with van der Waals surface area (Å²) >= 11 is 1.63. The molecule has 25 heavy (non-hydrogen) atoms. The number of aryl methyl sites for hydroxylation is 1. The van der Waals surface area contributed by atoms with Crippen LogP contribution in [0.15, 0.2) is 53.7 Å². The van der Waals surface area contributed by atoms with Crippen LogP contribution in [0.4, 0.5) is 0 Å². The maximum absolute atomic E-state index is 9.27. The number of aromatic nitrogens is 3. The summed E-state index contributed by atoms with van der Waals surface area (Å²) in [5.41, 5.74) is 4.09. The van der Waals surface area contributed by atoms with Crippen molar-refractivity contribution < 1.29 is 0 Å². The zero-order chi connectivity index (χ0) is 17.2. The second-order valence-electron chi connectivity index (χ2n) is 6.34. The molecule has 4 nitrogen and oxygen atoms in total. The topological polar surface area (TPSA) is 54.5 Å². The van der Waals surface area contributed by atoms with Gasteiger partial charge in [-0.1, -0.05) is 47.7 Å². The lowest BCUT2D eigenvalue weighted by Crippen LogP contribution is -2.02. The Bertz CT molecular complexity index is 933. The Labute approximate surface area is 151 Å². The molecule has 0 atom stereocenters. The molecule has 0 radical (unpaired) electrons. The Balaban J connectivity index is 1.66. The summed E-state index contributed by atoms with van der Waals surface area (Å²) in [6.07, 6.45) is 2.37. The molecule has 1 saturated carbocycles. The van der Waals surface area contributed by atoms with Crippen molar-refractivity contribution in [1.29, 1.82) is 5.26 Å². The molecule has 1 heterocycles. The normalized spacial score (nSPS) is 13.6. The summed E-state index contributed by atoms with van der Waals surface area (Å²) in [5, 5.41) is 19.1. The first-order chi connectivity index (χ1) is 12.3. The number of benzene rings is 2. The zero-order valence-corrected chi connectivity index (χ0v) is 14.8. The van der Waals surface area contributed by atoms with Crippen molar-refractivity contribution in [2.24, 2.45) is 0 Å². The SMILES string of the molecule is Cc1ccc(-n2c(SCc3ccccc3C#N)nnc2C2CC2)cc1. The first-order valence-corrected chi connectivity index (χ1v) is 9.38. The molecule has 3 aromatic rings. The Morgan fingerprint density at radius 2 is 1.88 bits per heavy atom. The highest BCUT2D eigenvalue weighted by atomic mass is 32.2. The molecule has 1 fully saturated rings. The first-order valence-electron chi connectivity index (χ1n) is 8.39. The molecule has 4 rings (SSSR count). The van der Waals surface area contributed by atoms with Gasteiger partial charge in [-0.2, -0.15) is 5.26 Å². The predicted molar refractivity (Wildman–Crippen MR) is 98.8 cm³/mol. The molecular formula is C20H18N4S. The van der Waals surface area contributed by atoms with Crippen molar-refractivity contribution in [1.82, 2.24) is 14.8 Å². The maximum Gasteiger partial charge on any atom is 0.196 e. The van der Waals surface area contributed by atoms with Gasteiger partial charge in [0.1, 0.15) is 5.82 Å². The van der Waals surface area contributed by atoms with E-state index in [0.29, 0.717) is 11.7 Å². The molecule has 0 unspecified atom stereocenters. The lowest BCUT2D eigenvalue weighted by atomic mass is 10.1. The second kappa shape index (κ2) is 6.73. The van der Waals surface area contributed by atoms with E-state index in [1.165, 1.54) is 18.4 Å². The van der Waals surface area contributed by atoms with Crippen LogP contribution >= 0.6 is 11.8 Å². The standard InChI is InChI=1S/C20H18N4S/c1-14-6-10-18(11-7-14)24-19(15-8-9-15)22-23-20(24)25-13-17-5-3-2-4-16(17)12-21/h2-7,10-11,15H,8-9,13H2,1H3. The fourth-order valence-electron chi connectivity index (χ4n) is 2.81. The predicted octanol–water partition coefficient (Wildman–Crippen LogP) is 4.62. The van der Waals surface area contributed by atoms with Crippen LogP contribution in [0.1, 0.15) is 41.3 Å². The van der Waals surface area contributed by atoms with Crippen LogP contribution in [0.5, 0.6) is 0 Å². The van der Waals surface area contributed by atoms with E-state index in [0.717, 1.165) is 27.8 Å². The van der Waals surface area contributed by atoms with Gasteiger partial charge in [0.2, 0.25) is 0 Å². The van der Waals surface area contributed by atoms with Gasteiger partial charge in [-0.25, -0.2) is 0 Å². The Morgan fingerprint density at radius 1 is 1.12 bits per heavy atom. The van der Waals surface area contributed by atoms with E-state index in [2.05, 4.69) is 52.0 Å². The zero-order valence-electron chi connectivity index (χ0n) is 14.0. The molecule has 2 aromatic carbocycles. The Morgan fingerprint density at radius 3 is 2.60 bits per heavy atom. The molecule has 0 amide bonds. The smallest absolute Gasteiger partial charge is 0.196 e. The van der Waals surface area contributed by atoms with Crippen molar-refractivity contribution in [3.63, 3.8) is 0 Å². The van der Waals surface area contributed by atoms with Gasteiger partial charge in [-0.3, -0.25) is 4.57 Å². The van der Waals surface area contributed by atoms with E-state index in [4.69, 9.17) is 0 Å². The number of hydrogen-bond donors (Lipinski definition) is 0. The third-order valence-corrected chi connectivity index (χ3v) is 5.37. The minimum Gasteiger partial charge on any atom is -0.274 e. The third kappa shape index (κ3) is 3.31. The Hall–Kier alpha value is -2.58. The van der Waals surface area contributed by atoms with Gasteiger partial charge in [0, 0.05) is 17.4 Å². The van der Waals surface area contributed by atoms with E-state index < -0.39 is 0 Å². The summed E-state index contributed by atoms with van der Waals surface area (Å²) in [5.74, 6) is 2.28. The van der Waals surface area contributed by atoms with Crippen LogP contribution in [0.3, 0.4) is 0 Å². The molecule has 0 N–H and O–H groups in total. The quantitative estimate of drug-likeness (QED) is 0.633. The van der Waals surface area contributed by atoms with Gasteiger partial charge < -0.3 is 0 Å². The lowest BCUT2D eigenvalue weighted by molar-refractivity contribution is 0.829. The van der Waals surface area contributed by atoms with Gasteiger partial charge in [0.15, 0.2) is 5.16 Å². The highest BCUT2D eigenvalue weighted by Crippen LogP contribution is 2.41. The summed E-state index contributed by atoms with van der Waals surface area (Å²) < 4.78 is 2.18. The molecule has 0 bridgehead atoms. The van der Waals surface area contributed by atoms with Crippen LogP contribution in [0.2, 0.25) is 0 Å². The molecule has 1 aromatic heterocycles. The summed E-state index contributed by atoms with van der Waals surface area (Å²) in [6.45, 7) is 2.09. The highest BCUT2D eigenvalue weighted by Gasteiger charge is 2.31. The molecule has 5 heteroatoms. The van der Waals surface area contributed by atoms with E-state index >= 15 is 0 Å². The van der Waals surface area contributed by atoms with E-state index in [1.54, 1.807) is 11.8 Å². The summed E-state index contributed by atoms with van der Waals surface area (Å²) in [7, 11) is 0. The average Bonchev–Trinajstić information content (AvgIpc) is 3.41. The lowest BCUT2D eigenvalue weighted by Gasteiger charge is -2.10. The average molecular weight is 346 g/mol. The number of hydrogen-bond acceptors (Lipinski definition) is 4. The van der Waals surface area contributed by atoms with Crippen LogP contribution in [0.25, 0.3) is 5.69 Å². The van der Waals surface area contributed by atoms with Crippen molar-refractivity contribution in [2.45, 2.75) is 36.6 Å². The molecular weight excluding hydrogens is 328 g/mol. The number of thioether (sulfide) groups is 1. The Kier molecular flexibility index (Phi) is 4.29. The largest absolute Gasteiger partial charge is 0.274 e. The molecule has 0 saturated heterocycles. The summed E-state index contributed by atoms with van der Waals surface area (Å²) in [4.78, 5) is 0. The maximum atomic E-state index is 9.27. The van der Waals surface area contributed by atoms with Crippen molar-refractivity contribution in [2.75, 3.05) is 0 Å². The van der Waals surface area contributed by atoms with Gasteiger partial charge >= 0.3 is 0 Å². The van der Waals surface area contributed by atoms with Gasteiger partial charge in [0.25, 0.3) is 0 Å². The van der Waals surface area contributed by atoms with Gasteiger partial charge in [-0.15, -0.1) is 10.2 Å². The fraction of sp³-hybridized carbons (Fsp3) is 0.250. The highest BCUT2D eigenvalue weighted by molar-refractivity contribution is 7.98. The van der Waals surface area contributed by atoms with Crippen molar-refractivity contribution in [3.8, 4) is 11.8 Å². The van der Waals surface area contributed by atoms with Gasteiger partial charge in [0.05, 0.1) is 11.6 Å². The number of nitriles is 1. The van der Waals surface area contributed by atoms with Gasteiger partial charge in [-0.05, 0) is 43.5 Å². The number of rotatable bonds is 5. The van der Waals surface area contributed by atoms with Crippen molar-refractivity contribution in [3.05, 3.63) is 71.0 Å². The van der Waals surface area contributed by atoms with Crippen molar-refractivity contribution >= 4 is 11.8 Å². The molecule has 1 aliphatic rings. The summed E-state index contributed by atoms with van der Waals surface area (Å²) in [6, 6.07) is 18.5. The fourth-order valence-corrected chi connectivity index (χ4v) is 3.78. The molecule has 0 aliphatic heterocycles. The van der Waals surface area contributed by atoms with Crippen LogP contribution < -0.4 is 0 Å². The second-order valence-corrected chi connectivity index (χ2v) is 7.29. The monoisotopic (exact) mass is 346 g/mol. The first kappa shape index (κ1) is 15.9. The van der Waals surface area contributed by atoms with E-state index in [1.807, 2.05) is 24.3 Å². The minimum atomic E-state index is 0.523. The van der Waals surface area contributed by atoms with Crippen LogP contribution in [-0.4, -0.2) is 14.8 Å². The number of nitrogens with zero attached hydrogens (tertiary/aromatic N) is 4. The van der Waals surface area contributed by atoms with Crippen LogP contribution in [-0.2, 0) is 5.75 Å². The third-order valence-electron chi connectivity index (χ3n) is 4.39. The van der Waals surface area contributed by atoms with E-state index in [-0.39, 0.29) is 0 Å². The molecule has 0 spiro atoms. The van der Waals surface area contributed by atoms with E-state index in [9.17, 15) is 5.26 Å².